The molecule has 0 bridgehead atoms. The van der Waals surface area contributed by atoms with Gasteiger partial charge in [-0.25, -0.2) is 4.79 Å². The fourth-order valence-electron chi connectivity index (χ4n) is 1.88. The van der Waals surface area contributed by atoms with E-state index in [2.05, 4.69) is 5.32 Å². The molecule has 2 unspecified atom stereocenters. The van der Waals surface area contributed by atoms with Gasteiger partial charge < -0.3 is 15.2 Å². The summed E-state index contributed by atoms with van der Waals surface area (Å²) in [5.41, 5.74) is 0.867. The minimum absolute atomic E-state index is 0.277. The van der Waals surface area contributed by atoms with Gasteiger partial charge in [0.25, 0.3) is 0 Å². The van der Waals surface area contributed by atoms with Crippen LogP contribution in [-0.4, -0.2) is 36.7 Å². The zero-order valence-electron chi connectivity index (χ0n) is 11.8. The van der Waals surface area contributed by atoms with Gasteiger partial charge in [0.05, 0.1) is 5.92 Å². The van der Waals surface area contributed by atoms with Crippen molar-refractivity contribution in [2.75, 3.05) is 13.7 Å². The molecule has 0 aliphatic heterocycles. The molecule has 110 valence electrons. The van der Waals surface area contributed by atoms with Crippen LogP contribution >= 0.6 is 0 Å². The second-order valence-corrected chi connectivity index (χ2v) is 4.67. The molecule has 1 aromatic carbocycles. The van der Waals surface area contributed by atoms with Gasteiger partial charge in [0, 0.05) is 13.7 Å². The van der Waals surface area contributed by atoms with Crippen LogP contribution in [0.2, 0.25) is 0 Å². The Balaban J connectivity index is 2.59. The van der Waals surface area contributed by atoms with Crippen molar-refractivity contribution in [3.05, 3.63) is 35.9 Å². The highest BCUT2D eigenvalue weighted by Gasteiger charge is 2.23. The molecule has 2 atom stereocenters. The molecule has 1 amide bonds. The number of nitrogens with one attached hydrogen (secondary N) is 1. The second-order valence-electron chi connectivity index (χ2n) is 4.67. The number of carboxylic acid groups (broad SMARTS) is 1. The number of carboxylic acids is 1. The smallest absolute Gasteiger partial charge is 0.326 e. The van der Waals surface area contributed by atoms with Crippen LogP contribution in [0.5, 0.6) is 0 Å². The van der Waals surface area contributed by atoms with Gasteiger partial charge >= 0.3 is 5.97 Å². The molecule has 0 fully saturated rings. The van der Waals surface area contributed by atoms with Crippen molar-refractivity contribution in [1.82, 2.24) is 5.32 Å². The summed E-state index contributed by atoms with van der Waals surface area (Å²) >= 11 is 0. The van der Waals surface area contributed by atoms with Crippen molar-refractivity contribution in [2.45, 2.75) is 31.7 Å². The molecule has 1 aromatic rings. The summed E-state index contributed by atoms with van der Waals surface area (Å²) in [6.45, 7) is 2.24. The lowest BCUT2D eigenvalue weighted by molar-refractivity contribution is -0.142. The van der Waals surface area contributed by atoms with Crippen molar-refractivity contribution in [3.8, 4) is 0 Å². The summed E-state index contributed by atoms with van der Waals surface area (Å²) in [6.07, 6.45) is 0.948. The number of rotatable bonds is 8. The molecule has 0 spiro atoms. The van der Waals surface area contributed by atoms with Gasteiger partial charge in [0.1, 0.15) is 6.04 Å². The van der Waals surface area contributed by atoms with E-state index in [0.29, 0.717) is 19.4 Å². The zero-order valence-corrected chi connectivity index (χ0v) is 11.8. The van der Waals surface area contributed by atoms with Crippen LogP contribution in [-0.2, 0) is 14.3 Å². The monoisotopic (exact) mass is 279 g/mol. The number of hydrogen-bond acceptors (Lipinski definition) is 3. The zero-order chi connectivity index (χ0) is 15.0. The van der Waals surface area contributed by atoms with Gasteiger partial charge in [0.15, 0.2) is 0 Å². The van der Waals surface area contributed by atoms with Crippen LogP contribution in [0, 0.1) is 0 Å². The first-order valence-corrected chi connectivity index (χ1v) is 6.63. The Morgan fingerprint density at radius 3 is 2.50 bits per heavy atom. The third-order valence-electron chi connectivity index (χ3n) is 3.15. The lowest BCUT2D eigenvalue weighted by atomic mass is 10.00. The number of carbonyl (C=O) groups is 2. The number of aliphatic carboxylic acids is 1. The quantitative estimate of drug-likeness (QED) is 0.711. The van der Waals surface area contributed by atoms with Gasteiger partial charge in [0.2, 0.25) is 5.91 Å². The molecule has 5 heteroatoms. The van der Waals surface area contributed by atoms with Crippen molar-refractivity contribution in [1.29, 1.82) is 0 Å². The summed E-state index contributed by atoms with van der Waals surface area (Å²) in [5, 5.41) is 11.7. The van der Waals surface area contributed by atoms with Crippen LogP contribution in [0.3, 0.4) is 0 Å². The van der Waals surface area contributed by atoms with Crippen molar-refractivity contribution < 1.29 is 19.4 Å². The molecule has 2 N–H and O–H groups in total. The predicted molar refractivity (Wildman–Crippen MR) is 75.5 cm³/mol. The van der Waals surface area contributed by atoms with E-state index >= 15 is 0 Å². The summed E-state index contributed by atoms with van der Waals surface area (Å²) in [7, 11) is 1.56. The van der Waals surface area contributed by atoms with Crippen LogP contribution in [0.25, 0.3) is 0 Å². The molecule has 20 heavy (non-hydrogen) atoms. The Kier molecular flexibility index (Phi) is 6.73. The molecule has 0 radical (unpaired) electrons. The SMILES string of the molecule is COCCCC(NC(=O)C(C)c1ccccc1)C(=O)O. The highest BCUT2D eigenvalue weighted by Crippen LogP contribution is 2.15. The number of ether oxygens (including phenoxy) is 1. The Hall–Kier alpha value is -1.88. The topological polar surface area (TPSA) is 75.6 Å². The van der Waals surface area contributed by atoms with Crippen LogP contribution in [0.1, 0.15) is 31.2 Å². The number of carbonyl (C=O) groups excluding carboxylic acids is 1. The van der Waals surface area contributed by atoms with E-state index in [-0.39, 0.29) is 11.8 Å². The van der Waals surface area contributed by atoms with Crippen LogP contribution in [0.15, 0.2) is 30.3 Å². The normalized spacial score (nSPS) is 13.5. The van der Waals surface area contributed by atoms with Gasteiger partial charge in [-0.15, -0.1) is 0 Å². The highest BCUT2D eigenvalue weighted by atomic mass is 16.5. The molecular weight excluding hydrogens is 258 g/mol. The van der Waals surface area contributed by atoms with E-state index in [1.165, 1.54) is 0 Å². The average Bonchev–Trinajstić information content (AvgIpc) is 2.46. The summed E-state index contributed by atoms with van der Waals surface area (Å²) in [5.74, 6) is -1.67. The van der Waals surface area contributed by atoms with Crippen LogP contribution < -0.4 is 5.32 Å². The first kappa shape index (κ1) is 16.2. The first-order valence-electron chi connectivity index (χ1n) is 6.63. The molecule has 0 saturated heterocycles. The molecule has 0 heterocycles. The highest BCUT2D eigenvalue weighted by molar-refractivity contribution is 5.87. The second kappa shape index (κ2) is 8.32. The maximum atomic E-state index is 12.1. The van der Waals surface area contributed by atoms with Gasteiger partial charge in [-0.05, 0) is 25.3 Å². The van der Waals surface area contributed by atoms with E-state index < -0.39 is 12.0 Å². The maximum absolute atomic E-state index is 12.1. The largest absolute Gasteiger partial charge is 0.480 e. The van der Waals surface area contributed by atoms with Crippen molar-refractivity contribution in [3.63, 3.8) is 0 Å². The fraction of sp³-hybridized carbons (Fsp3) is 0.467. The maximum Gasteiger partial charge on any atom is 0.326 e. The Bertz CT molecular complexity index is 433. The molecule has 0 aliphatic carbocycles. The number of amides is 1. The minimum atomic E-state index is -1.02. The summed E-state index contributed by atoms with van der Waals surface area (Å²) in [4.78, 5) is 23.2. The molecule has 1 rings (SSSR count). The van der Waals surface area contributed by atoms with Crippen molar-refractivity contribution in [2.24, 2.45) is 0 Å². The van der Waals surface area contributed by atoms with Crippen LogP contribution in [0.4, 0.5) is 0 Å². The van der Waals surface area contributed by atoms with Gasteiger partial charge in [-0.2, -0.15) is 0 Å². The Morgan fingerprint density at radius 1 is 1.30 bits per heavy atom. The molecule has 0 aromatic heterocycles. The van der Waals surface area contributed by atoms with E-state index in [4.69, 9.17) is 9.84 Å². The lowest BCUT2D eigenvalue weighted by Crippen LogP contribution is -2.42. The van der Waals surface area contributed by atoms with E-state index in [1.807, 2.05) is 30.3 Å². The van der Waals surface area contributed by atoms with E-state index in [0.717, 1.165) is 5.56 Å². The average molecular weight is 279 g/mol. The summed E-state index contributed by atoms with van der Waals surface area (Å²) in [6, 6.07) is 8.41. The Labute approximate surface area is 118 Å². The molecule has 0 aliphatic rings. The predicted octanol–water partition coefficient (Wildman–Crippen LogP) is 1.79. The molecular formula is C15H21NO4. The molecule has 5 nitrogen and oxygen atoms in total. The first-order chi connectivity index (χ1) is 9.56. The number of methoxy groups -OCH3 is 1. The van der Waals surface area contributed by atoms with E-state index in [1.54, 1.807) is 14.0 Å². The number of benzene rings is 1. The van der Waals surface area contributed by atoms with Gasteiger partial charge in [-0.1, -0.05) is 30.3 Å². The fourth-order valence-corrected chi connectivity index (χ4v) is 1.88. The van der Waals surface area contributed by atoms with E-state index in [9.17, 15) is 9.59 Å². The van der Waals surface area contributed by atoms with Crippen molar-refractivity contribution >= 4 is 11.9 Å². The lowest BCUT2D eigenvalue weighted by Gasteiger charge is -2.18. The Morgan fingerprint density at radius 2 is 1.95 bits per heavy atom. The summed E-state index contributed by atoms with van der Waals surface area (Å²) < 4.78 is 4.89. The van der Waals surface area contributed by atoms with Gasteiger partial charge in [-0.3, -0.25) is 4.79 Å². The standard InChI is InChI=1S/C15H21NO4/c1-11(12-7-4-3-5-8-12)14(17)16-13(15(18)19)9-6-10-20-2/h3-5,7-8,11,13H,6,9-10H2,1-2H3,(H,16,17)(H,18,19). The molecule has 0 saturated carbocycles. The minimum Gasteiger partial charge on any atom is -0.480 e. The number of hydrogen-bond donors (Lipinski definition) is 2. The third-order valence-corrected chi connectivity index (χ3v) is 3.15. The third kappa shape index (κ3) is 5.01.